The molecule has 0 radical (unpaired) electrons. The molecule has 0 spiro atoms. The van der Waals surface area contributed by atoms with E-state index >= 15 is 0 Å². The van der Waals surface area contributed by atoms with Gasteiger partial charge in [-0.2, -0.15) is 5.10 Å². The van der Waals surface area contributed by atoms with Gasteiger partial charge in [0, 0.05) is 18.5 Å². The van der Waals surface area contributed by atoms with Crippen LogP contribution in [-0.4, -0.2) is 15.7 Å². The molecule has 1 unspecified atom stereocenters. The number of rotatable bonds is 6. The van der Waals surface area contributed by atoms with E-state index in [1.807, 2.05) is 6.92 Å². The Morgan fingerprint density at radius 3 is 2.64 bits per heavy atom. The molecule has 148 valence electrons. The number of hydrogen-bond acceptors (Lipinski definition) is 3. The van der Waals surface area contributed by atoms with Crippen molar-refractivity contribution in [3.05, 3.63) is 57.0 Å². The van der Waals surface area contributed by atoms with Gasteiger partial charge < -0.3 is 5.32 Å². The van der Waals surface area contributed by atoms with E-state index in [9.17, 15) is 13.6 Å². The third-order valence-electron chi connectivity index (χ3n) is 4.41. The first kappa shape index (κ1) is 20.8. The fourth-order valence-electron chi connectivity index (χ4n) is 2.90. The van der Waals surface area contributed by atoms with Gasteiger partial charge in [0.1, 0.15) is 4.34 Å². The Balaban J connectivity index is 1.76. The number of aromatic nitrogens is 2. The van der Waals surface area contributed by atoms with Crippen molar-refractivity contribution >= 4 is 45.4 Å². The Morgan fingerprint density at radius 1 is 1.29 bits per heavy atom. The fourth-order valence-corrected chi connectivity index (χ4v) is 4.35. The molecule has 0 bridgehead atoms. The summed E-state index contributed by atoms with van der Waals surface area (Å²) in [6.45, 7) is 1.87. The first-order valence-electron chi connectivity index (χ1n) is 8.52. The molecule has 3 rings (SSSR count). The van der Waals surface area contributed by atoms with Crippen molar-refractivity contribution in [1.29, 1.82) is 0 Å². The Hall–Kier alpha value is -1.96. The molecule has 28 heavy (non-hydrogen) atoms. The number of hydrogen-bond donors (Lipinski definition) is 1. The van der Waals surface area contributed by atoms with E-state index < -0.39 is 17.6 Å². The summed E-state index contributed by atoms with van der Waals surface area (Å²) in [6, 6.07) is 5.42. The summed E-state index contributed by atoms with van der Waals surface area (Å²) in [5.41, 5.74) is 1.91. The van der Waals surface area contributed by atoms with Gasteiger partial charge in [-0.3, -0.25) is 9.48 Å². The number of carbonyl (C=O) groups excluding carboxylic acids is 1. The molecule has 3 aromatic rings. The monoisotopic (exact) mass is 443 g/mol. The Kier molecular flexibility index (Phi) is 6.37. The Morgan fingerprint density at radius 2 is 2.04 bits per heavy atom. The molecule has 0 aliphatic rings. The molecule has 9 heteroatoms. The van der Waals surface area contributed by atoms with Gasteiger partial charge in [-0.25, -0.2) is 8.78 Å². The van der Waals surface area contributed by atoms with Crippen LogP contribution in [0.5, 0.6) is 0 Å². The number of nitrogens with one attached hydrogen (secondary N) is 1. The quantitative estimate of drug-likeness (QED) is 0.512. The minimum Gasteiger partial charge on any atom is -0.317 e. The largest absolute Gasteiger partial charge is 0.317 e. The number of nitrogens with zero attached hydrogens (tertiary/aromatic N) is 2. The van der Waals surface area contributed by atoms with Crippen LogP contribution in [0.1, 0.15) is 18.9 Å². The highest BCUT2D eigenvalue weighted by Gasteiger charge is 2.21. The highest BCUT2D eigenvalue weighted by Crippen LogP contribution is 2.41. The van der Waals surface area contributed by atoms with E-state index in [2.05, 4.69) is 10.4 Å². The molecule has 2 aromatic heterocycles. The van der Waals surface area contributed by atoms with Crippen LogP contribution in [-0.2, 0) is 18.3 Å². The van der Waals surface area contributed by atoms with Crippen LogP contribution >= 0.6 is 34.5 Å². The van der Waals surface area contributed by atoms with Crippen LogP contribution in [0.15, 0.2) is 30.5 Å². The van der Waals surface area contributed by atoms with Crippen molar-refractivity contribution in [3.63, 3.8) is 0 Å². The maximum atomic E-state index is 13.4. The molecule has 0 aliphatic heterocycles. The van der Waals surface area contributed by atoms with Crippen molar-refractivity contribution in [3.8, 4) is 11.3 Å². The number of anilines is 1. The molecular formula is C19H17Cl2F2N3OS. The van der Waals surface area contributed by atoms with E-state index in [1.165, 1.54) is 23.6 Å². The highest BCUT2D eigenvalue weighted by molar-refractivity contribution is 7.20. The minimum atomic E-state index is -0.921. The lowest BCUT2D eigenvalue weighted by molar-refractivity contribution is -0.119. The maximum absolute atomic E-state index is 13.4. The standard InChI is InChI=1S/C19H17Cl2F2N3OS/c1-3-11(6-10-4-5-14(22)15(23)7-10)19(27)25-16-8-12(18(21)28-16)17-13(20)9-24-26(17)2/h4-5,7-9,11H,3,6H2,1-2H3,(H,25,27). The van der Waals surface area contributed by atoms with Crippen molar-refractivity contribution in [2.24, 2.45) is 13.0 Å². The van der Waals surface area contributed by atoms with Gasteiger partial charge in [0.15, 0.2) is 11.6 Å². The number of thiophene rings is 1. The normalized spacial score (nSPS) is 12.2. The van der Waals surface area contributed by atoms with Crippen molar-refractivity contribution in [2.45, 2.75) is 19.8 Å². The van der Waals surface area contributed by atoms with Crippen LogP contribution in [0.4, 0.5) is 13.8 Å². The topological polar surface area (TPSA) is 46.9 Å². The zero-order chi connectivity index (χ0) is 20.4. The molecule has 1 N–H and O–H groups in total. The molecule has 1 amide bonds. The zero-order valence-electron chi connectivity index (χ0n) is 15.1. The van der Waals surface area contributed by atoms with Crippen molar-refractivity contribution in [1.82, 2.24) is 9.78 Å². The van der Waals surface area contributed by atoms with Gasteiger partial charge in [-0.1, -0.05) is 36.2 Å². The average Bonchev–Trinajstić information content (AvgIpc) is 3.16. The average molecular weight is 444 g/mol. The lowest BCUT2D eigenvalue weighted by atomic mass is 9.96. The number of aryl methyl sites for hydroxylation is 1. The van der Waals surface area contributed by atoms with Gasteiger partial charge in [0.05, 0.1) is 21.9 Å². The molecular weight excluding hydrogens is 427 g/mol. The number of halogens is 4. The summed E-state index contributed by atoms with van der Waals surface area (Å²) < 4.78 is 28.6. The second-order valence-corrected chi connectivity index (χ2v) is 8.37. The minimum absolute atomic E-state index is 0.215. The van der Waals surface area contributed by atoms with E-state index in [0.717, 1.165) is 12.1 Å². The van der Waals surface area contributed by atoms with E-state index in [-0.39, 0.29) is 5.91 Å². The predicted octanol–water partition coefficient (Wildman–Crippen LogP) is 5.94. The number of carbonyl (C=O) groups is 1. The molecule has 4 nitrogen and oxygen atoms in total. The molecule has 0 fully saturated rings. The Bertz CT molecular complexity index is 999. The third-order valence-corrected chi connectivity index (χ3v) is 5.96. The lowest BCUT2D eigenvalue weighted by Gasteiger charge is -2.14. The second kappa shape index (κ2) is 8.59. The fraction of sp³-hybridized carbons (Fsp3) is 0.263. The third kappa shape index (κ3) is 4.37. The van der Waals surface area contributed by atoms with Crippen LogP contribution in [0.2, 0.25) is 9.36 Å². The van der Waals surface area contributed by atoms with Crippen LogP contribution in [0.3, 0.4) is 0 Å². The second-order valence-electron chi connectivity index (χ2n) is 6.31. The summed E-state index contributed by atoms with van der Waals surface area (Å²) in [5, 5.41) is 7.99. The molecule has 0 aliphatic carbocycles. The molecule has 2 heterocycles. The van der Waals surface area contributed by atoms with E-state index in [0.29, 0.717) is 44.0 Å². The zero-order valence-corrected chi connectivity index (χ0v) is 17.4. The smallest absolute Gasteiger partial charge is 0.228 e. The number of benzene rings is 1. The molecule has 0 saturated heterocycles. The van der Waals surface area contributed by atoms with Crippen LogP contribution < -0.4 is 5.32 Å². The summed E-state index contributed by atoms with van der Waals surface area (Å²) >= 11 is 13.7. The van der Waals surface area contributed by atoms with Crippen LogP contribution in [0, 0.1) is 17.6 Å². The first-order valence-corrected chi connectivity index (χ1v) is 10.1. The summed E-state index contributed by atoms with van der Waals surface area (Å²) in [6.07, 6.45) is 2.38. The van der Waals surface area contributed by atoms with Gasteiger partial charge in [0.25, 0.3) is 0 Å². The van der Waals surface area contributed by atoms with Crippen molar-refractivity contribution < 1.29 is 13.6 Å². The lowest BCUT2D eigenvalue weighted by Crippen LogP contribution is -2.23. The Labute approximate surface area is 175 Å². The highest BCUT2D eigenvalue weighted by atomic mass is 35.5. The summed E-state index contributed by atoms with van der Waals surface area (Å²) in [4.78, 5) is 12.7. The summed E-state index contributed by atoms with van der Waals surface area (Å²) in [7, 11) is 1.75. The first-order chi connectivity index (χ1) is 13.3. The van der Waals surface area contributed by atoms with E-state index in [4.69, 9.17) is 23.2 Å². The maximum Gasteiger partial charge on any atom is 0.228 e. The molecule has 1 aromatic carbocycles. The van der Waals surface area contributed by atoms with Gasteiger partial charge >= 0.3 is 0 Å². The SMILES string of the molecule is CCC(Cc1ccc(F)c(F)c1)C(=O)Nc1cc(-c2c(Cl)cnn2C)c(Cl)s1. The van der Waals surface area contributed by atoms with Crippen molar-refractivity contribution in [2.75, 3.05) is 5.32 Å². The van der Waals surface area contributed by atoms with Crippen LogP contribution in [0.25, 0.3) is 11.3 Å². The molecule has 0 saturated carbocycles. The predicted molar refractivity (Wildman–Crippen MR) is 109 cm³/mol. The van der Waals surface area contributed by atoms with Gasteiger partial charge in [-0.05, 0) is 36.6 Å². The van der Waals surface area contributed by atoms with Gasteiger partial charge in [-0.15, -0.1) is 11.3 Å². The summed E-state index contributed by atoms with van der Waals surface area (Å²) in [5.74, 6) is -2.44. The molecule has 1 atom stereocenters. The van der Waals surface area contributed by atoms with E-state index in [1.54, 1.807) is 17.8 Å². The van der Waals surface area contributed by atoms with Gasteiger partial charge in [0.2, 0.25) is 5.91 Å². The number of amides is 1.